The van der Waals surface area contributed by atoms with Crippen LogP contribution in [0.1, 0.15) is 10.5 Å². The molecule has 10 heteroatoms. The maximum atomic E-state index is 12.3. The lowest BCUT2D eigenvalue weighted by atomic mass is 10.4. The zero-order chi connectivity index (χ0) is 14.1. The lowest BCUT2D eigenvalue weighted by molar-refractivity contribution is -0.140. The van der Waals surface area contributed by atoms with Gasteiger partial charge in [0.25, 0.3) is 15.0 Å². The SMILES string of the molecule is CNC(=O)c1cc(S(=O)(=O)Cl)cn1CC(F)(F)F. The Morgan fingerprint density at radius 2 is 2.06 bits per heavy atom. The smallest absolute Gasteiger partial charge is 0.354 e. The van der Waals surface area contributed by atoms with Crippen LogP contribution in [-0.4, -0.2) is 32.1 Å². The van der Waals surface area contributed by atoms with Crippen molar-refractivity contribution in [1.82, 2.24) is 9.88 Å². The second kappa shape index (κ2) is 4.81. The molecule has 0 radical (unpaired) electrons. The molecule has 0 saturated carbocycles. The molecule has 18 heavy (non-hydrogen) atoms. The topological polar surface area (TPSA) is 68.2 Å². The second-order valence-electron chi connectivity index (χ2n) is 3.32. The number of hydrogen-bond acceptors (Lipinski definition) is 3. The third kappa shape index (κ3) is 3.64. The Morgan fingerprint density at radius 1 is 1.50 bits per heavy atom. The van der Waals surface area contributed by atoms with Gasteiger partial charge < -0.3 is 9.88 Å². The number of halogens is 4. The van der Waals surface area contributed by atoms with Crippen molar-refractivity contribution in [2.24, 2.45) is 0 Å². The van der Waals surface area contributed by atoms with Gasteiger partial charge in [-0.05, 0) is 6.07 Å². The van der Waals surface area contributed by atoms with Crippen molar-refractivity contribution >= 4 is 25.6 Å². The van der Waals surface area contributed by atoms with Gasteiger partial charge in [-0.25, -0.2) is 8.42 Å². The fourth-order valence-corrected chi connectivity index (χ4v) is 2.02. The highest BCUT2D eigenvalue weighted by Gasteiger charge is 2.31. The number of alkyl halides is 3. The Balaban J connectivity index is 3.30. The molecular formula is C8H8ClF3N2O3S. The minimum atomic E-state index is -4.59. The van der Waals surface area contributed by atoms with E-state index in [4.69, 9.17) is 10.7 Å². The largest absolute Gasteiger partial charge is 0.406 e. The number of hydrogen-bond donors (Lipinski definition) is 1. The van der Waals surface area contributed by atoms with Crippen LogP contribution in [0.3, 0.4) is 0 Å². The van der Waals surface area contributed by atoms with Crippen LogP contribution in [0, 0.1) is 0 Å². The maximum Gasteiger partial charge on any atom is 0.406 e. The average molecular weight is 305 g/mol. The van der Waals surface area contributed by atoms with E-state index in [-0.39, 0.29) is 0 Å². The normalized spacial score (nSPS) is 12.5. The van der Waals surface area contributed by atoms with Crippen LogP contribution in [0.5, 0.6) is 0 Å². The van der Waals surface area contributed by atoms with Gasteiger partial charge in [0, 0.05) is 23.9 Å². The van der Waals surface area contributed by atoms with Gasteiger partial charge in [-0.2, -0.15) is 13.2 Å². The van der Waals surface area contributed by atoms with Crippen LogP contribution in [0.15, 0.2) is 17.2 Å². The number of carbonyl (C=O) groups is 1. The van der Waals surface area contributed by atoms with E-state index in [0.717, 1.165) is 6.07 Å². The van der Waals surface area contributed by atoms with Gasteiger partial charge in [0.05, 0.1) is 0 Å². The number of nitrogens with zero attached hydrogens (tertiary/aromatic N) is 1. The molecule has 0 aromatic carbocycles. The highest BCUT2D eigenvalue weighted by Crippen LogP contribution is 2.23. The summed E-state index contributed by atoms with van der Waals surface area (Å²) in [5, 5.41) is 2.11. The molecule has 0 spiro atoms. The molecule has 0 aliphatic carbocycles. The maximum absolute atomic E-state index is 12.3. The van der Waals surface area contributed by atoms with Gasteiger partial charge >= 0.3 is 6.18 Å². The minimum Gasteiger partial charge on any atom is -0.354 e. The van der Waals surface area contributed by atoms with Gasteiger partial charge in [-0.3, -0.25) is 4.79 Å². The standard InChI is InChI=1S/C8H8ClF3N2O3S/c1-13-7(15)6-2-5(18(9,16)17)3-14(6)4-8(10,11)12/h2-3H,4H2,1H3,(H,13,15). The summed E-state index contributed by atoms with van der Waals surface area (Å²) in [7, 11) is 2.02. The Bertz CT molecular complexity index is 565. The van der Waals surface area contributed by atoms with Crippen LogP contribution < -0.4 is 5.32 Å². The third-order valence-electron chi connectivity index (χ3n) is 1.96. The summed E-state index contributed by atoms with van der Waals surface area (Å²) in [6.07, 6.45) is -3.92. The molecule has 0 saturated heterocycles. The van der Waals surface area contributed by atoms with Crippen molar-refractivity contribution in [2.45, 2.75) is 17.6 Å². The molecule has 1 amide bonds. The molecule has 0 bridgehead atoms. The molecule has 1 aromatic rings. The van der Waals surface area contributed by atoms with E-state index in [1.165, 1.54) is 7.05 Å². The van der Waals surface area contributed by atoms with Crippen molar-refractivity contribution in [3.63, 3.8) is 0 Å². The fraction of sp³-hybridized carbons (Fsp3) is 0.375. The van der Waals surface area contributed by atoms with Crippen molar-refractivity contribution in [3.05, 3.63) is 18.0 Å². The van der Waals surface area contributed by atoms with E-state index in [9.17, 15) is 26.4 Å². The Morgan fingerprint density at radius 3 is 2.44 bits per heavy atom. The molecule has 102 valence electrons. The summed E-state index contributed by atoms with van der Waals surface area (Å²) >= 11 is 0. The van der Waals surface area contributed by atoms with Crippen molar-refractivity contribution in [3.8, 4) is 0 Å². The first-order valence-electron chi connectivity index (χ1n) is 4.48. The van der Waals surface area contributed by atoms with Crippen LogP contribution in [0.25, 0.3) is 0 Å². The van der Waals surface area contributed by atoms with Gasteiger partial charge in [0.2, 0.25) is 0 Å². The van der Waals surface area contributed by atoms with E-state index in [2.05, 4.69) is 5.32 Å². The third-order valence-corrected chi connectivity index (χ3v) is 3.28. The van der Waals surface area contributed by atoms with Crippen LogP contribution in [-0.2, 0) is 15.6 Å². The number of aromatic nitrogens is 1. The quantitative estimate of drug-likeness (QED) is 0.857. The monoisotopic (exact) mass is 304 g/mol. The lowest BCUT2D eigenvalue weighted by Crippen LogP contribution is -2.25. The number of nitrogens with one attached hydrogen (secondary N) is 1. The van der Waals surface area contributed by atoms with Crippen LogP contribution in [0.4, 0.5) is 13.2 Å². The first kappa shape index (κ1) is 14.8. The molecular weight excluding hydrogens is 297 g/mol. The second-order valence-corrected chi connectivity index (χ2v) is 5.89. The summed E-state index contributed by atoms with van der Waals surface area (Å²) in [5.41, 5.74) is -0.436. The van der Waals surface area contributed by atoms with E-state index < -0.39 is 38.3 Å². The predicted octanol–water partition coefficient (Wildman–Crippen LogP) is 1.34. The number of rotatable bonds is 3. The molecule has 0 unspecified atom stereocenters. The summed E-state index contributed by atoms with van der Waals surface area (Å²) in [6.45, 7) is -1.48. The fourth-order valence-electron chi connectivity index (χ4n) is 1.26. The van der Waals surface area contributed by atoms with E-state index in [0.29, 0.717) is 10.8 Å². The Hall–Kier alpha value is -1.22. The lowest BCUT2D eigenvalue weighted by Gasteiger charge is -2.10. The number of amides is 1. The van der Waals surface area contributed by atoms with Crippen molar-refractivity contribution in [2.75, 3.05) is 7.05 Å². The molecule has 0 aliphatic rings. The zero-order valence-electron chi connectivity index (χ0n) is 8.95. The summed E-state index contributed by atoms with van der Waals surface area (Å²) in [6, 6.07) is 0.785. The Labute approximate surface area is 105 Å². The first-order valence-corrected chi connectivity index (χ1v) is 6.79. The van der Waals surface area contributed by atoms with E-state index in [1.807, 2.05) is 0 Å². The number of carbonyl (C=O) groups excluding carboxylic acids is 1. The van der Waals surface area contributed by atoms with Crippen molar-refractivity contribution < 1.29 is 26.4 Å². The molecule has 0 atom stereocenters. The highest BCUT2D eigenvalue weighted by molar-refractivity contribution is 8.13. The minimum absolute atomic E-state index is 0.436. The van der Waals surface area contributed by atoms with E-state index in [1.54, 1.807) is 0 Å². The zero-order valence-corrected chi connectivity index (χ0v) is 10.5. The molecule has 1 aromatic heterocycles. The molecule has 1 rings (SSSR count). The molecule has 1 N–H and O–H groups in total. The summed E-state index contributed by atoms with van der Waals surface area (Å²) in [5.74, 6) is -0.842. The van der Waals surface area contributed by atoms with Crippen LogP contribution >= 0.6 is 10.7 Å². The van der Waals surface area contributed by atoms with Gasteiger partial charge in [-0.1, -0.05) is 0 Å². The van der Waals surface area contributed by atoms with Gasteiger partial charge in [0.1, 0.15) is 17.1 Å². The molecule has 0 aliphatic heterocycles. The average Bonchev–Trinajstić information content (AvgIpc) is 2.57. The summed E-state index contributed by atoms with van der Waals surface area (Å²) < 4.78 is 59.3. The van der Waals surface area contributed by atoms with Crippen molar-refractivity contribution in [1.29, 1.82) is 0 Å². The predicted molar refractivity (Wildman–Crippen MR) is 56.9 cm³/mol. The molecule has 0 fully saturated rings. The van der Waals surface area contributed by atoms with Crippen LogP contribution in [0.2, 0.25) is 0 Å². The molecule has 1 heterocycles. The summed E-state index contributed by atoms with van der Waals surface area (Å²) in [4.78, 5) is 10.8. The van der Waals surface area contributed by atoms with E-state index >= 15 is 0 Å². The highest BCUT2D eigenvalue weighted by atomic mass is 35.7. The van der Waals surface area contributed by atoms with Gasteiger partial charge in [0.15, 0.2) is 0 Å². The Kier molecular flexibility index (Phi) is 3.96. The first-order chi connectivity index (χ1) is 8.04. The molecule has 5 nitrogen and oxygen atoms in total. The van der Waals surface area contributed by atoms with Gasteiger partial charge in [-0.15, -0.1) is 0 Å².